The monoisotopic (exact) mass is 451 g/mol. The topological polar surface area (TPSA) is 52.7 Å². The van der Waals surface area contributed by atoms with Gasteiger partial charge < -0.3 is 15.1 Å². The van der Waals surface area contributed by atoms with Gasteiger partial charge in [-0.1, -0.05) is 48.9 Å². The van der Waals surface area contributed by atoms with Gasteiger partial charge in [-0.2, -0.15) is 0 Å². The molecule has 6 heteroatoms. The molecule has 2 fully saturated rings. The first-order valence-electron chi connectivity index (χ1n) is 11.8. The molecule has 2 aromatic rings. The Bertz CT molecular complexity index is 882. The summed E-state index contributed by atoms with van der Waals surface area (Å²) in [6.45, 7) is 4.86. The molecule has 0 radical (unpaired) electrons. The summed E-state index contributed by atoms with van der Waals surface area (Å²) < 4.78 is 0. The molecule has 0 bridgehead atoms. The average Bonchev–Trinajstić information content (AvgIpc) is 3.22. The fraction of sp³-hybridized carbons (Fsp3) is 0.462. The van der Waals surface area contributed by atoms with Crippen molar-refractivity contribution in [2.45, 2.75) is 37.5 Å². The molecule has 170 valence electrons. The van der Waals surface area contributed by atoms with Gasteiger partial charge in [-0.3, -0.25) is 9.59 Å². The smallest absolute Gasteiger partial charge is 0.251 e. The second-order valence-corrected chi connectivity index (χ2v) is 9.69. The SMILES string of the molecule is O=C(NCCCN1CCCCC1)c1ccc([C@H]2SCC(=O)N2CCc2ccccc2)cc1. The molecule has 2 saturated heterocycles. The van der Waals surface area contributed by atoms with Crippen LogP contribution in [0.3, 0.4) is 0 Å². The van der Waals surface area contributed by atoms with Gasteiger partial charge in [0.2, 0.25) is 5.91 Å². The van der Waals surface area contributed by atoms with Crippen LogP contribution in [0.2, 0.25) is 0 Å². The van der Waals surface area contributed by atoms with E-state index in [0.717, 1.165) is 24.9 Å². The van der Waals surface area contributed by atoms with Crippen molar-refractivity contribution in [1.82, 2.24) is 15.1 Å². The summed E-state index contributed by atoms with van der Waals surface area (Å²) in [6, 6.07) is 18.0. The maximum atomic E-state index is 12.5. The van der Waals surface area contributed by atoms with E-state index in [1.807, 2.05) is 47.4 Å². The lowest BCUT2D eigenvalue weighted by molar-refractivity contribution is -0.128. The van der Waals surface area contributed by atoms with Crippen LogP contribution in [-0.4, -0.2) is 60.1 Å². The summed E-state index contributed by atoms with van der Waals surface area (Å²) in [6.07, 6.45) is 5.78. The van der Waals surface area contributed by atoms with Gasteiger partial charge in [0.05, 0.1) is 5.75 Å². The van der Waals surface area contributed by atoms with Crippen molar-refractivity contribution in [2.24, 2.45) is 0 Å². The Labute approximate surface area is 195 Å². The number of nitrogens with one attached hydrogen (secondary N) is 1. The minimum absolute atomic E-state index is 0.0212. The number of hydrogen-bond acceptors (Lipinski definition) is 4. The third kappa shape index (κ3) is 6.14. The molecule has 2 aliphatic heterocycles. The van der Waals surface area contributed by atoms with E-state index in [1.165, 1.54) is 37.9 Å². The van der Waals surface area contributed by atoms with Crippen molar-refractivity contribution in [3.05, 3.63) is 71.3 Å². The van der Waals surface area contributed by atoms with Gasteiger partial charge in [0.15, 0.2) is 0 Å². The minimum Gasteiger partial charge on any atom is -0.352 e. The Morgan fingerprint density at radius 3 is 2.47 bits per heavy atom. The highest BCUT2D eigenvalue weighted by Crippen LogP contribution is 2.38. The van der Waals surface area contributed by atoms with Crippen LogP contribution in [0, 0.1) is 0 Å². The third-order valence-corrected chi connectivity index (χ3v) is 7.55. The van der Waals surface area contributed by atoms with Crippen molar-refractivity contribution in [3.8, 4) is 0 Å². The number of thioether (sulfide) groups is 1. The van der Waals surface area contributed by atoms with Crippen LogP contribution in [0.4, 0.5) is 0 Å². The first kappa shape index (κ1) is 22.9. The van der Waals surface area contributed by atoms with Crippen molar-refractivity contribution < 1.29 is 9.59 Å². The molecule has 0 saturated carbocycles. The Morgan fingerprint density at radius 2 is 1.72 bits per heavy atom. The summed E-state index contributed by atoms with van der Waals surface area (Å²) in [5.74, 6) is 0.677. The predicted octanol–water partition coefficient (Wildman–Crippen LogP) is 4.11. The maximum absolute atomic E-state index is 12.5. The van der Waals surface area contributed by atoms with Crippen LogP contribution in [0.15, 0.2) is 54.6 Å². The maximum Gasteiger partial charge on any atom is 0.251 e. The van der Waals surface area contributed by atoms with Crippen LogP contribution in [-0.2, 0) is 11.2 Å². The van der Waals surface area contributed by atoms with E-state index >= 15 is 0 Å². The highest BCUT2D eigenvalue weighted by atomic mass is 32.2. The molecule has 0 aliphatic carbocycles. The van der Waals surface area contributed by atoms with E-state index < -0.39 is 0 Å². The standard InChI is InChI=1S/C26H33N3O2S/c30-24-20-32-26(29(24)19-14-21-8-3-1-4-9-21)23-12-10-22(11-13-23)25(31)27-15-7-18-28-16-5-2-6-17-28/h1,3-4,8-13,26H,2,5-7,14-20H2,(H,27,31)/t26-/m1/s1. The van der Waals surface area contributed by atoms with Crippen molar-refractivity contribution in [3.63, 3.8) is 0 Å². The quantitative estimate of drug-likeness (QED) is 0.583. The largest absolute Gasteiger partial charge is 0.352 e. The lowest BCUT2D eigenvalue weighted by Gasteiger charge is -2.26. The molecule has 2 aliphatic rings. The Morgan fingerprint density at radius 1 is 0.969 bits per heavy atom. The predicted molar refractivity (Wildman–Crippen MR) is 131 cm³/mol. The van der Waals surface area contributed by atoms with Crippen molar-refractivity contribution >= 4 is 23.6 Å². The number of nitrogens with zero attached hydrogens (tertiary/aromatic N) is 2. The van der Waals surface area contributed by atoms with E-state index in [0.29, 0.717) is 24.4 Å². The highest BCUT2D eigenvalue weighted by molar-refractivity contribution is 8.00. The molecular weight excluding hydrogens is 418 g/mol. The molecule has 0 spiro atoms. The number of rotatable bonds is 9. The van der Waals surface area contributed by atoms with Crippen LogP contribution < -0.4 is 5.32 Å². The number of amides is 2. The van der Waals surface area contributed by atoms with Crippen LogP contribution >= 0.6 is 11.8 Å². The van der Waals surface area contributed by atoms with Crippen LogP contribution in [0.1, 0.15) is 52.5 Å². The van der Waals surface area contributed by atoms with Crippen molar-refractivity contribution in [2.75, 3.05) is 38.5 Å². The van der Waals surface area contributed by atoms with Gasteiger partial charge in [-0.05, 0) is 68.6 Å². The lowest BCUT2D eigenvalue weighted by Crippen LogP contribution is -2.33. The summed E-state index contributed by atoms with van der Waals surface area (Å²) in [5, 5.41) is 3.07. The highest BCUT2D eigenvalue weighted by Gasteiger charge is 2.32. The normalized spacial score (nSPS) is 19.3. The van der Waals surface area contributed by atoms with E-state index in [2.05, 4.69) is 22.3 Å². The molecule has 4 rings (SSSR count). The minimum atomic E-state index is -0.0220. The zero-order chi connectivity index (χ0) is 22.2. The molecule has 0 unspecified atom stereocenters. The van der Waals surface area contributed by atoms with Gasteiger partial charge in [0, 0.05) is 18.7 Å². The molecule has 0 aromatic heterocycles. The molecule has 5 nitrogen and oxygen atoms in total. The summed E-state index contributed by atoms with van der Waals surface area (Å²) in [4.78, 5) is 29.4. The van der Waals surface area contributed by atoms with Gasteiger partial charge in [0.25, 0.3) is 5.91 Å². The van der Waals surface area contributed by atoms with Crippen molar-refractivity contribution in [1.29, 1.82) is 0 Å². The number of carbonyl (C=O) groups is 2. The number of carbonyl (C=O) groups excluding carboxylic acids is 2. The van der Waals surface area contributed by atoms with Gasteiger partial charge >= 0.3 is 0 Å². The number of likely N-dealkylation sites (tertiary alicyclic amines) is 1. The molecule has 1 atom stereocenters. The van der Waals surface area contributed by atoms with E-state index in [-0.39, 0.29) is 17.2 Å². The zero-order valence-corrected chi connectivity index (χ0v) is 19.5. The molecule has 32 heavy (non-hydrogen) atoms. The summed E-state index contributed by atoms with van der Waals surface area (Å²) in [5.41, 5.74) is 3.00. The van der Waals surface area contributed by atoms with Crippen LogP contribution in [0.5, 0.6) is 0 Å². The van der Waals surface area contributed by atoms with E-state index in [1.54, 1.807) is 11.8 Å². The Balaban J connectivity index is 1.27. The zero-order valence-electron chi connectivity index (χ0n) is 18.7. The fourth-order valence-electron chi connectivity index (χ4n) is 4.46. The Hall–Kier alpha value is -2.31. The molecular formula is C26H33N3O2S. The molecule has 2 amide bonds. The Kier molecular flexibility index (Phi) is 8.24. The second kappa shape index (κ2) is 11.5. The van der Waals surface area contributed by atoms with E-state index in [9.17, 15) is 9.59 Å². The summed E-state index contributed by atoms with van der Waals surface area (Å²) >= 11 is 1.66. The van der Waals surface area contributed by atoms with E-state index in [4.69, 9.17) is 0 Å². The summed E-state index contributed by atoms with van der Waals surface area (Å²) in [7, 11) is 0. The van der Waals surface area contributed by atoms with Gasteiger partial charge in [-0.25, -0.2) is 0 Å². The van der Waals surface area contributed by atoms with Gasteiger partial charge in [-0.15, -0.1) is 11.8 Å². The van der Waals surface area contributed by atoms with Crippen LogP contribution in [0.25, 0.3) is 0 Å². The third-order valence-electron chi connectivity index (χ3n) is 6.30. The number of hydrogen-bond donors (Lipinski definition) is 1. The first-order valence-corrected chi connectivity index (χ1v) is 12.8. The number of benzene rings is 2. The molecule has 2 aromatic carbocycles. The number of piperidine rings is 1. The first-order chi connectivity index (χ1) is 15.7. The lowest BCUT2D eigenvalue weighted by atomic mass is 10.1. The molecule has 2 heterocycles. The second-order valence-electron chi connectivity index (χ2n) is 8.62. The molecule has 1 N–H and O–H groups in total. The fourth-order valence-corrected chi connectivity index (χ4v) is 5.67. The average molecular weight is 452 g/mol. The van der Waals surface area contributed by atoms with Gasteiger partial charge in [0.1, 0.15) is 5.37 Å².